The van der Waals surface area contributed by atoms with E-state index in [1.54, 1.807) is 18.3 Å². The van der Waals surface area contributed by atoms with Crippen molar-refractivity contribution >= 4 is 40.0 Å². The number of aromatic nitrogens is 3. The molecule has 2 aliphatic rings. The molecule has 0 radical (unpaired) electrons. The van der Waals surface area contributed by atoms with E-state index in [4.69, 9.17) is 17.3 Å². The molecule has 0 spiro atoms. The summed E-state index contributed by atoms with van der Waals surface area (Å²) in [7, 11) is 0. The standard InChI is InChI=1S/C23H22ClN5O.C6H13N/c1-4-13(3)26-20(5-2)14-6-9-17(19(24)11-14)18-10-15-12-25-23(27-16-7-8-16)29-21(15)28-22(18)30;7-6-4-2-1-3-5-6/h4-6,9-12,16H,1,7-8H2,2-3H3,(H2,25,27,28,29,30);6H,1-5,7H2/b20-5-,26-13?;. The maximum absolute atomic E-state index is 12.8. The van der Waals surface area contributed by atoms with Crippen molar-refractivity contribution in [3.05, 3.63) is 70.1 Å². The number of allylic oxidation sites excluding steroid dienone is 2. The summed E-state index contributed by atoms with van der Waals surface area (Å²) >= 11 is 6.56. The predicted molar refractivity (Wildman–Crippen MR) is 155 cm³/mol. The van der Waals surface area contributed by atoms with Crippen LogP contribution in [0.1, 0.15) is 64.4 Å². The predicted octanol–water partition coefficient (Wildman–Crippen LogP) is 6.50. The van der Waals surface area contributed by atoms with E-state index in [0.29, 0.717) is 39.8 Å². The van der Waals surface area contributed by atoms with Gasteiger partial charge in [0.25, 0.3) is 5.56 Å². The van der Waals surface area contributed by atoms with Crippen LogP contribution in [0.4, 0.5) is 5.95 Å². The summed E-state index contributed by atoms with van der Waals surface area (Å²) in [4.78, 5) is 28.9. The van der Waals surface area contributed by atoms with Gasteiger partial charge >= 0.3 is 0 Å². The normalized spacial score (nSPS) is 16.8. The van der Waals surface area contributed by atoms with E-state index in [1.807, 2.05) is 38.1 Å². The monoisotopic (exact) mass is 518 g/mol. The maximum atomic E-state index is 12.8. The van der Waals surface area contributed by atoms with Gasteiger partial charge in [-0.05, 0) is 57.7 Å². The molecule has 2 aliphatic carbocycles. The quantitative estimate of drug-likeness (QED) is 0.323. The maximum Gasteiger partial charge on any atom is 0.257 e. The summed E-state index contributed by atoms with van der Waals surface area (Å²) in [5.74, 6) is 0.532. The zero-order valence-electron chi connectivity index (χ0n) is 21.6. The molecule has 5 rings (SSSR count). The van der Waals surface area contributed by atoms with Crippen molar-refractivity contribution in [2.75, 3.05) is 5.32 Å². The van der Waals surface area contributed by atoms with Crippen LogP contribution in [0.2, 0.25) is 5.02 Å². The van der Waals surface area contributed by atoms with Gasteiger partial charge in [0.1, 0.15) is 5.65 Å². The van der Waals surface area contributed by atoms with Gasteiger partial charge in [0.2, 0.25) is 5.95 Å². The van der Waals surface area contributed by atoms with E-state index >= 15 is 0 Å². The highest BCUT2D eigenvalue weighted by Crippen LogP contribution is 2.31. The Morgan fingerprint density at radius 1 is 1.19 bits per heavy atom. The molecule has 0 bridgehead atoms. The van der Waals surface area contributed by atoms with E-state index in [2.05, 4.69) is 31.8 Å². The minimum atomic E-state index is -0.250. The number of nitrogens with one attached hydrogen (secondary N) is 2. The molecule has 1 aromatic carbocycles. The van der Waals surface area contributed by atoms with Gasteiger partial charge in [-0.1, -0.05) is 55.7 Å². The highest BCUT2D eigenvalue weighted by molar-refractivity contribution is 6.33. The molecule has 0 saturated heterocycles. The molecule has 0 atom stereocenters. The Kier molecular flexibility index (Phi) is 8.90. The topological polar surface area (TPSA) is 109 Å². The molecule has 2 heterocycles. The Balaban J connectivity index is 0.000000396. The van der Waals surface area contributed by atoms with Crippen LogP contribution in [-0.2, 0) is 0 Å². The molecule has 4 N–H and O–H groups in total. The summed E-state index contributed by atoms with van der Waals surface area (Å²) in [6, 6.07) is 8.29. The van der Waals surface area contributed by atoms with Crippen molar-refractivity contribution < 1.29 is 0 Å². The zero-order valence-corrected chi connectivity index (χ0v) is 22.3. The SMILES string of the molecule is C=CC(C)=N/C(=C\C)c1ccc(-c2cc3cnc(NC4CC4)nc3[nH]c2=O)c(Cl)c1.NC1CCCCC1. The van der Waals surface area contributed by atoms with Crippen LogP contribution in [0.25, 0.3) is 27.9 Å². The van der Waals surface area contributed by atoms with Gasteiger partial charge < -0.3 is 16.0 Å². The highest BCUT2D eigenvalue weighted by atomic mass is 35.5. The summed E-state index contributed by atoms with van der Waals surface area (Å²) in [6.45, 7) is 7.53. The fourth-order valence-corrected chi connectivity index (χ4v) is 4.51. The number of anilines is 1. The van der Waals surface area contributed by atoms with Gasteiger partial charge in [-0.15, -0.1) is 0 Å². The molecular formula is C29H35ClN6O. The number of benzene rings is 1. The number of nitrogens with two attached hydrogens (primary N) is 1. The van der Waals surface area contributed by atoms with Crippen molar-refractivity contribution in [1.82, 2.24) is 15.0 Å². The minimum absolute atomic E-state index is 0.250. The van der Waals surface area contributed by atoms with Gasteiger partial charge in [0.15, 0.2) is 0 Å². The van der Waals surface area contributed by atoms with Crippen molar-refractivity contribution in [3.8, 4) is 11.1 Å². The van der Waals surface area contributed by atoms with Gasteiger partial charge in [-0.25, -0.2) is 4.98 Å². The molecule has 2 saturated carbocycles. The van der Waals surface area contributed by atoms with Crippen LogP contribution < -0.4 is 16.6 Å². The van der Waals surface area contributed by atoms with Gasteiger partial charge in [0.05, 0.1) is 5.70 Å². The fourth-order valence-electron chi connectivity index (χ4n) is 4.23. The lowest BCUT2D eigenvalue weighted by Gasteiger charge is -2.15. The second-order valence-corrected chi connectivity index (χ2v) is 10.1. The average molecular weight is 519 g/mol. The molecular weight excluding hydrogens is 484 g/mol. The van der Waals surface area contributed by atoms with E-state index in [-0.39, 0.29) is 5.56 Å². The van der Waals surface area contributed by atoms with Crippen LogP contribution in [-0.4, -0.2) is 32.7 Å². The van der Waals surface area contributed by atoms with Crippen LogP contribution in [0.3, 0.4) is 0 Å². The summed E-state index contributed by atoms with van der Waals surface area (Å²) in [5, 5.41) is 4.45. The summed E-state index contributed by atoms with van der Waals surface area (Å²) < 4.78 is 0. The first-order chi connectivity index (χ1) is 17.9. The molecule has 194 valence electrons. The lowest BCUT2D eigenvalue weighted by Crippen LogP contribution is -2.22. The zero-order chi connectivity index (χ0) is 26.4. The number of aromatic amines is 1. The largest absolute Gasteiger partial charge is 0.351 e. The number of halogens is 1. The van der Waals surface area contributed by atoms with E-state index in [0.717, 1.165) is 35.2 Å². The van der Waals surface area contributed by atoms with Crippen molar-refractivity contribution in [1.29, 1.82) is 0 Å². The third-order valence-electron chi connectivity index (χ3n) is 6.57. The fraction of sp³-hybridized carbons (Fsp3) is 0.379. The second-order valence-electron chi connectivity index (χ2n) is 9.65. The number of pyridine rings is 1. The van der Waals surface area contributed by atoms with E-state index < -0.39 is 0 Å². The lowest BCUT2D eigenvalue weighted by atomic mass is 9.97. The first kappa shape index (κ1) is 26.8. The summed E-state index contributed by atoms with van der Waals surface area (Å²) in [6.07, 6.45) is 14.2. The third-order valence-corrected chi connectivity index (χ3v) is 6.89. The van der Waals surface area contributed by atoms with Gasteiger partial charge in [-0.2, -0.15) is 4.98 Å². The molecule has 2 fully saturated rings. The van der Waals surface area contributed by atoms with Crippen molar-refractivity contribution in [2.24, 2.45) is 10.7 Å². The average Bonchev–Trinajstić information content (AvgIpc) is 3.71. The van der Waals surface area contributed by atoms with E-state index in [1.165, 1.54) is 32.1 Å². The van der Waals surface area contributed by atoms with Crippen molar-refractivity contribution in [2.45, 2.75) is 70.9 Å². The number of rotatable bonds is 6. The Hall–Kier alpha value is -3.29. The molecule has 37 heavy (non-hydrogen) atoms. The number of hydrogen-bond donors (Lipinski definition) is 3. The van der Waals surface area contributed by atoms with Gasteiger partial charge in [-0.3, -0.25) is 9.79 Å². The molecule has 2 aromatic heterocycles. The molecule has 0 unspecified atom stereocenters. The van der Waals surface area contributed by atoms with Crippen LogP contribution in [0.15, 0.2) is 59.0 Å². The minimum Gasteiger partial charge on any atom is -0.351 e. The Morgan fingerprint density at radius 3 is 2.54 bits per heavy atom. The Morgan fingerprint density at radius 2 is 1.95 bits per heavy atom. The third kappa shape index (κ3) is 7.14. The number of fused-ring (bicyclic) bond motifs is 1. The number of aliphatic imine (C=N–C) groups is 1. The lowest BCUT2D eigenvalue weighted by molar-refractivity contribution is 0.441. The molecule has 0 aliphatic heterocycles. The first-order valence-corrected chi connectivity index (χ1v) is 13.3. The second kappa shape index (κ2) is 12.3. The molecule has 7 nitrogen and oxygen atoms in total. The molecule has 3 aromatic rings. The smallest absolute Gasteiger partial charge is 0.257 e. The van der Waals surface area contributed by atoms with Gasteiger partial charge in [0, 0.05) is 51.1 Å². The molecule has 0 amide bonds. The first-order valence-electron chi connectivity index (χ1n) is 12.9. The number of nitrogens with zero attached hydrogens (tertiary/aromatic N) is 3. The van der Waals surface area contributed by atoms with E-state index in [9.17, 15) is 4.79 Å². The summed E-state index contributed by atoms with van der Waals surface area (Å²) in [5.41, 5.74) is 9.46. The Labute approximate surface area is 223 Å². The number of hydrogen-bond acceptors (Lipinski definition) is 6. The number of H-pyrrole nitrogens is 1. The molecule has 8 heteroatoms. The van der Waals surface area contributed by atoms with Crippen LogP contribution in [0.5, 0.6) is 0 Å². The van der Waals surface area contributed by atoms with Crippen LogP contribution >= 0.6 is 11.6 Å². The van der Waals surface area contributed by atoms with Crippen LogP contribution in [0, 0.1) is 0 Å². The van der Waals surface area contributed by atoms with Crippen molar-refractivity contribution in [3.63, 3.8) is 0 Å². The Bertz CT molecular complexity index is 1380. The highest BCUT2D eigenvalue weighted by Gasteiger charge is 2.22.